The number of likely N-dealkylation sites (N-methyl/N-ethyl adjacent to an activating group) is 1. The molecule has 2 amide bonds. The fourth-order valence-corrected chi connectivity index (χ4v) is 3.82. The molecular weight excluding hydrogens is 376 g/mol. The molecule has 1 N–H and O–H groups in total. The molecule has 0 bridgehead atoms. The molecule has 3 aromatic carbocycles. The first-order valence-electron chi connectivity index (χ1n) is 10.1. The van der Waals surface area contributed by atoms with Crippen molar-refractivity contribution in [2.75, 3.05) is 16.8 Å². The molecule has 5 nitrogen and oxygen atoms in total. The predicted molar refractivity (Wildman–Crippen MR) is 118 cm³/mol. The van der Waals surface area contributed by atoms with Gasteiger partial charge in [-0.15, -0.1) is 0 Å². The van der Waals surface area contributed by atoms with Gasteiger partial charge < -0.3 is 15.0 Å². The van der Waals surface area contributed by atoms with E-state index in [4.69, 9.17) is 4.74 Å². The molecule has 3 aromatic rings. The van der Waals surface area contributed by atoms with Gasteiger partial charge >= 0.3 is 0 Å². The van der Waals surface area contributed by atoms with Crippen molar-refractivity contribution in [1.29, 1.82) is 0 Å². The molecule has 0 radical (unpaired) electrons. The molecule has 1 aliphatic rings. The maximum absolute atomic E-state index is 13.3. The molecule has 4 rings (SSSR count). The van der Waals surface area contributed by atoms with Gasteiger partial charge in [-0.05, 0) is 37.1 Å². The SMILES string of the molecule is CCN1C(=O)C(C)Oc2cc(NC(=O)C(c3ccccc3)c3ccccc3)ccc21. The monoisotopic (exact) mass is 400 g/mol. The molecule has 0 fully saturated rings. The smallest absolute Gasteiger partial charge is 0.267 e. The molecule has 0 aliphatic carbocycles. The van der Waals surface area contributed by atoms with Crippen LogP contribution in [0.15, 0.2) is 78.9 Å². The van der Waals surface area contributed by atoms with Crippen LogP contribution < -0.4 is 15.0 Å². The van der Waals surface area contributed by atoms with Gasteiger partial charge in [0.2, 0.25) is 5.91 Å². The van der Waals surface area contributed by atoms with Crippen molar-refractivity contribution in [3.05, 3.63) is 90.0 Å². The van der Waals surface area contributed by atoms with Gasteiger partial charge in [0.1, 0.15) is 5.75 Å². The van der Waals surface area contributed by atoms with Crippen LogP contribution in [0.2, 0.25) is 0 Å². The Hall–Kier alpha value is -3.60. The molecule has 1 heterocycles. The fraction of sp³-hybridized carbons (Fsp3) is 0.200. The summed E-state index contributed by atoms with van der Waals surface area (Å²) in [6, 6.07) is 24.8. The number of ether oxygens (including phenoxy) is 1. The molecule has 1 atom stereocenters. The summed E-state index contributed by atoms with van der Waals surface area (Å²) < 4.78 is 5.79. The fourth-order valence-electron chi connectivity index (χ4n) is 3.82. The Balaban J connectivity index is 1.64. The number of nitrogens with one attached hydrogen (secondary N) is 1. The van der Waals surface area contributed by atoms with Gasteiger partial charge in [0, 0.05) is 18.3 Å². The van der Waals surface area contributed by atoms with Gasteiger partial charge in [0.15, 0.2) is 6.10 Å². The van der Waals surface area contributed by atoms with Crippen molar-refractivity contribution in [2.24, 2.45) is 0 Å². The largest absolute Gasteiger partial charge is 0.479 e. The minimum atomic E-state index is -0.551. The average Bonchev–Trinajstić information content (AvgIpc) is 2.76. The second kappa shape index (κ2) is 8.41. The Morgan fingerprint density at radius 2 is 1.60 bits per heavy atom. The van der Waals surface area contributed by atoms with E-state index in [1.165, 1.54) is 0 Å². The lowest BCUT2D eigenvalue weighted by Gasteiger charge is -2.32. The van der Waals surface area contributed by atoms with Crippen LogP contribution in [-0.4, -0.2) is 24.5 Å². The van der Waals surface area contributed by atoms with Crippen LogP contribution in [0.4, 0.5) is 11.4 Å². The molecule has 5 heteroatoms. The quantitative estimate of drug-likeness (QED) is 0.681. The number of rotatable bonds is 5. The molecule has 0 saturated heterocycles. The maximum atomic E-state index is 13.3. The lowest BCUT2D eigenvalue weighted by molar-refractivity contribution is -0.125. The normalized spacial score (nSPS) is 15.5. The van der Waals surface area contributed by atoms with E-state index in [1.807, 2.05) is 73.7 Å². The van der Waals surface area contributed by atoms with Crippen LogP contribution in [0.1, 0.15) is 30.9 Å². The first-order chi connectivity index (χ1) is 14.6. The number of hydrogen-bond acceptors (Lipinski definition) is 3. The second-order valence-electron chi connectivity index (χ2n) is 7.27. The zero-order valence-corrected chi connectivity index (χ0v) is 17.0. The van der Waals surface area contributed by atoms with Crippen molar-refractivity contribution in [1.82, 2.24) is 0 Å². The van der Waals surface area contributed by atoms with Crippen LogP contribution >= 0.6 is 0 Å². The highest BCUT2D eigenvalue weighted by Gasteiger charge is 2.31. The number of fused-ring (bicyclic) bond motifs is 1. The molecule has 0 aromatic heterocycles. The van der Waals surface area contributed by atoms with E-state index in [2.05, 4.69) is 5.32 Å². The summed E-state index contributed by atoms with van der Waals surface area (Å²) in [6.07, 6.45) is -0.551. The number of benzene rings is 3. The number of amides is 2. The third-order valence-corrected chi connectivity index (χ3v) is 5.28. The summed E-state index contributed by atoms with van der Waals surface area (Å²) in [5, 5.41) is 3.03. The number of hydrogen-bond donors (Lipinski definition) is 1. The lowest BCUT2D eigenvalue weighted by atomic mass is 9.90. The summed E-state index contributed by atoms with van der Waals surface area (Å²) in [5.41, 5.74) is 3.20. The van der Waals surface area contributed by atoms with Gasteiger partial charge in [-0.3, -0.25) is 9.59 Å². The summed E-state index contributed by atoms with van der Waals surface area (Å²) in [6.45, 7) is 4.23. The summed E-state index contributed by atoms with van der Waals surface area (Å²) >= 11 is 0. The van der Waals surface area contributed by atoms with E-state index in [-0.39, 0.29) is 11.8 Å². The topological polar surface area (TPSA) is 58.6 Å². The van der Waals surface area contributed by atoms with Gasteiger partial charge in [-0.25, -0.2) is 0 Å². The number of carbonyl (C=O) groups is 2. The number of nitrogens with zero attached hydrogens (tertiary/aromatic N) is 1. The average molecular weight is 400 g/mol. The van der Waals surface area contributed by atoms with Crippen molar-refractivity contribution in [3.8, 4) is 5.75 Å². The minimum Gasteiger partial charge on any atom is -0.479 e. The van der Waals surface area contributed by atoms with E-state index in [0.717, 1.165) is 16.8 Å². The molecule has 1 aliphatic heterocycles. The Bertz CT molecular complexity index is 1010. The molecular formula is C25H24N2O3. The third kappa shape index (κ3) is 3.79. The van der Waals surface area contributed by atoms with Crippen LogP contribution in [0.3, 0.4) is 0 Å². The zero-order chi connectivity index (χ0) is 21.1. The molecule has 30 heavy (non-hydrogen) atoms. The lowest BCUT2D eigenvalue weighted by Crippen LogP contribution is -2.44. The van der Waals surface area contributed by atoms with Crippen molar-refractivity contribution in [3.63, 3.8) is 0 Å². The van der Waals surface area contributed by atoms with E-state index in [9.17, 15) is 9.59 Å². The standard InChI is InChI=1S/C25H24N2O3/c1-3-27-21-15-14-20(16-22(21)30-17(2)25(27)29)26-24(28)23(18-10-6-4-7-11-18)19-12-8-5-9-13-19/h4-17,23H,3H2,1-2H3,(H,26,28). The van der Waals surface area contributed by atoms with E-state index >= 15 is 0 Å². The second-order valence-corrected chi connectivity index (χ2v) is 7.27. The van der Waals surface area contributed by atoms with Crippen LogP contribution in [0.25, 0.3) is 0 Å². The molecule has 0 spiro atoms. The van der Waals surface area contributed by atoms with E-state index < -0.39 is 12.0 Å². The van der Waals surface area contributed by atoms with Crippen LogP contribution in [0, 0.1) is 0 Å². The summed E-state index contributed by atoms with van der Waals surface area (Å²) in [7, 11) is 0. The Labute approximate surface area is 176 Å². The number of carbonyl (C=O) groups excluding carboxylic acids is 2. The third-order valence-electron chi connectivity index (χ3n) is 5.28. The van der Waals surface area contributed by atoms with Crippen molar-refractivity contribution in [2.45, 2.75) is 25.9 Å². The number of anilines is 2. The first kappa shape index (κ1) is 19.7. The van der Waals surface area contributed by atoms with Gasteiger partial charge in [0.05, 0.1) is 11.6 Å². The van der Waals surface area contributed by atoms with E-state index in [1.54, 1.807) is 24.0 Å². The van der Waals surface area contributed by atoms with Gasteiger partial charge in [-0.1, -0.05) is 60.7 Å². The van der Waals surface area contributed by atoms with Crippen LogP contribution in [0.5, 0.6) is 5.75 Å². The van der Waals surface area contributed by atoms with Crippen LogP contribution in [-0.2, 0) is 9.59 Å². The minimum absolute atomic E-state index is 0.0602. The highest BCUT2D eigenvalue weighted by atomic mass is 16.5. The van der Waals surface area contributed by atoms with E-state index in [0.29, 0.717) is 18.0 Å². The molecule has 0 saturated carbocycles. The predicted octanol–water partition coefficient (Wildman–Crippen LogP) is 4.59. The van der Waals surface area contributed by atoms with Crippen molar-refractivity contribution < 1.29 is 14.3 Å². The summed E-state index contributed by atoms with van der Waals surface area (Å²) in [4.78, 5) is 27.3. The van der Waals surface area contributed by atoms with Crippen molar-refractivity contribution >= 4 is 23.2 Å². The maximum Gasteiger partial charge on any atom is 0.267 e. The Kier molecular flexibility index (Phi) is 5.53. The molecule has 1 unspecified atom stereocenters. The molecule has 152 valence electrons. The van der Waals surface area contributed by atoms with Gasteiger partial charge in [0.25, 0.3) is 5.91 Å². The van der Waals surface area contributed by atoms with Gasteiger partial charge in [-0.2, -0.15) is 0 Å². The first-order valence-corrected chi connectivity index (χ1v) is 10.1. The highest BCUT2D eigenvalue weighted by Crippen LogP contribution is 2.36. The summed E-state index contributed by atoms with van der Waals surface area (Å²) in [5.74, 6) is -0.0237. The zero-order valence-electron chi connectivity index (χ0n) is 17.0. The Morgan fingerprint density at radius 1 is 1.00 bits per heavy atom. The highest BCUT2D eigenvalue weighted by molar-refractivity contribution is 6.01. The Morgan fingerprint density at radius 3 is 2.17 bits per heavy atom.